The summed E-state index contributed by atoms with van der Waals surface area (Å²) in [6.45, 7) is 4.22. The lowest BCUT2D eigenvalue weighted by molar-refractivity contribution is -0.141. The Bertz CT molecular complexity index is 1150. The van der Waals surface area contributed by atoms with Gasteiger partial charge in [-0.05, 0) is 54.7 Å². The molecule has 0 spiro atoms. The molecular weight excluding hydrogens is 408 g/mol. The van der Waals surface area contributed by atoms with Gasteiger partial charge in [0.2, 0.25) is 0 Å². The molecule has 2 aliphatic carbocycles. The number of nitrogens with two attached hydrogens (primary N) is 1. The van der Waals surface area contributed by atoms with Gasteiger partial charge in [0.25, 0.3) is 5.17 Å². The molecule has 0 bridgehead atoms. The van der Waals surface area contributed by atoms with Gasteiger partial charge in [0, 0.05) is 22.4 Å². The van der Waals surface area contributed by atoms with Crippen LogP contribution in [0.1, 0.15) is 43.7 Å². The van der Waals surface area contributed by atoms with Gasteiger partial charge < -0.3 is 20.5 Å². The number of thiocarbonyl (C=S) groups is 1. The molecule has 1 fully saturated rings. The minimum Gasteiger partial charge on any atom is -0.445 e. The van der Waals surface area contributed by atoms with E-state index < -0.39 is 11.3 Å². The fourth-order valence-corrected chi connectivity index (χ4v) is 4.86. The number of Topliss-reactive ketones (excluding diaryl/α,β-unsaturated/α-hetero) is 1. The van der Waals surface area contributed by atoms with Crippen LogP contribution in [0.25, 0.3) is 0 Å². The van der Waals surface area contributed by atoms with Crippen LogP contribution in [0.3, 0.4) is 0 Å². The van der Waals surface area contributed by atoms with E-state index in [-0.39, 0.29) is 11.0 Å². The van der Waals surface area contributed by atoms with Gasteiger partial charge in [-0.1, -0.05) is 56.3 Å². The highest BCUT2D eigenvalue weighted by atomic mass is 32.1. The first-order valence-corrected chi connectivity index (χ1v) is 10.9. The predicted molar refractivity (Wildman–Crippen MR) is 124 cm³/mol. The molecule has 1 heterocycles. The van der Waals surface area contributed by atoms with Crippen LogP contribution in [-0.2, 0) is 15.1 Å². The molecule has 5 nitrogen and oxygen atoms in total. The maximum atomic E-state index is 13.6. The number of hydrogen-bond acceptors (Lipinski definition) is 5. The van der Waals surface area contributed by atoms with Crippen molar-refractivity contribution < 1.29 is 14.3 Å². The normalized spacial score (nSPS) is 25.7. The smallest absolute Gasteiger partial charge is 0.310 e. The summed E-state index contributed by atoms with van der Waals surface area (Å²) in [4.78, 5) is 13.6. The minimum atomic E-state index is -1.53. The zero-order valence-electron chi connectivity index (χ0n) is 17.5. The van der Waals surface area contributed by atoms with Crippen LogP contribution in [0.2, 0.25) is 0 Å². The molecular formula is C25H24N2O3S. The van der Waals surface area contributed by atoms with Crippen molar-refractivity contribution in [3.8, 4) is 5.75 Å². The molecule has 0 radical (unpaired) electrons. The molecule has 2 atom stereocenters. The van der Waals surface area contributed by atoms with Gasteiger partial charge in [-0.25, -0.2) is 0 Å². The number of allylic oxidation sites excluding steroid dienone is 2. The molecule has 158 valence electrons. The highest BCUT2D eigenvalue weighted by molar-refractivity contribution is 7.80. The van der Waals surface area contributed by atoms with E-state index in [4.69, 9.17) is 27.4 Å². The van der Waals surface area contributed by atoms with Crippen molar-refractivity contribution in [2.24, 2.45) is 5.73 Å². The van der Waals surface area contributed by atoms with Gasteiger partial charge in [0.05, 0.1) is 0 Å². The second kappa shape index (κ2) is 7.04. The molecule has 0 saturated heterocycles. The summed E-state index contributed by atoms with van der Waals surface area (Å²) in [7, 11) is 0. The van der Waals surface area contributed by atoms with Gasteiger partial charge in [-0.3, -0.25) is 4.79 Å². The average molecular weight is 433 g/mol. The fourth-order valence-electron chi connectivity index (χ4n) is 4.63. The summed E-state index contributed by atoms with van der Waals surface area (Å²) >= 11 is 5.52. The molecule has 3 N–H and O–H groups in total. The van der Waals surface area contributed by atoms with Crippen molar-refractivity contribution in [3.05, 3.63) is 83.0 Å². The van der Waals surface area contributed by atoms with Crippen molar-refractivity contribution in [1.29, 1.82) is 0 Å². The highest BCUT2D eigenvalue weighted by Crippen LogP contribution is 2.59. The summed E-state index contributed by atoms with van der Waals surface area (Å²) in [5.41, 5.74) is 9.13. The highest BCUT2D eigenvalue weighted by Gasteiger charge is 2.73. The third-order valence-electron chi connectivity index (χ3n) is 6.24. The van der Waals surface area contributed by atoms with E-state index in [2.05, 4.69) is 19.2 Å². The largest absolute Gasteiger partial charge is 0.445 e. The van der Waals surface area contributed by atoms with E-state index >= 15 is 0 Å². The number of fused-ring (bicyclic) bond motifs is 5. The number of hydrogen-bond donors (Lipinski definition) is 2. The van der Waals surface area contributed by atoms with Crippen LogP contribution in [0.15, 0.2) is 71.8 Å². The molecule has 2 unspecified atom stereocenters. The van der Waals surface area contributed by atoms with Crippen LogP contribution < -0.4 is 15.8 Å². The first-order valence-electron chi connectivity index (χ1n) is 10.5. The number of carbonyl (C=O) groups excluding carboxylic acids is 1. The second-order valence-corrected chi connectivity index (χ2v) is 8.83. The van der Waals surface area contributed by atoms with E-state index in [1.54, 1.807) is 0 Å². The number of nitrogens with one attached hydrogen (secondary N) is 1. The number of ether oxygens (including phenoxy) is 2. The van der Waals surface area contributed by atoms with E-state index in [1.165, 1.54) is 0 Å². The lowest BCUT2D eigenvalue weighted by atomic mass is 9.84. The molecule has 2 aromatic carbocycles. The first-order chi connectivity index (χ1) is 14.9. The average Bonchev–Trinajstić information content (AvgIpc) is 3.11. The zero-order valence-corrected chi connectivity index (χ0v) is 18.3. The van der Waals surface area contributed by atoms with Gasteiger partial charge in [0.1, 0.15) is 5.75 Å². The first kappa shape index (κ1) is 20.0. The quantitative estimate of drug-likeness (QED) is 0.685. The predicted octanol–water partition coefficient (Wildman–Crippen LogP) is 4.70. The monoisotopic (exact) mass is 432 g/mol. The van der Waals surface area contributed by atoms with Crippen LogP contribution in [-0.4, -0.2) is 16.7 Å². The Kier molecular flexibility index (Phi) is 4.53. The minimum absolute atomic E-state index is 0.0958. The Morgan fingerprint density at radius 1 is 1.16 bits per heavy atom. The maximum Gasteiger partial charge on any atom is 0.310 e. The van der Waals surface area contributed by atoms with Crippen molar-refractivity contribution in [1.82, 2.24) is 0 Å². The number of ketones is 1. The summed E-state index contributed by atoms with van der Waals surface area (Å²) in [6.07, 6.45) is 5.48. The van der Waals surface area contributed by atoms with Gasteiger partial charge in [-0.15, -0.1) is 0 Å². The lowest BCUT2D eigenvalue weighted by Gasteiger charge is -2.35. The molecule has 3 aliphatic rings. The van der Waals surface area contributed by atoms with Crippen LogP contribution >= 0.6 is 12.2 Å². The molecule has 5 rings (SSSR count). The number of para-hydroxylation sites is 1. The Balaban J connectivity index is 1.61. The number of carbonyl (C=O) groups is 1. The second-order valence-electron chi connectivity index (χ2n) is 8.46. The molecule has 31 heavy (non-hydrogen) atoms. The lowest BCUT2D eigenvalue weighted by Crippen LogP contribution is -2.60. The molecule has 6 heteroatoms. The topological polar surface area (TPSA) is 73.6 Å². The summed E-state index contributed by atoms with van der Waals surface area (Å²) in [5, 5.41) is 3.17. The van der Waals surface area contributed by atoms with E-state index in [9.17, 15) is 4.79 Å². The summed E-state index contributed by atoms with van der Waals surface area (Å²) in [6, 6.07) is 15.3. The van der Waals surface area contributed by atoms with Crippen molar-refractivity contribution in [3.63, 3.8) is 0 Å². The number of anilines is 1. The van der Waals surface area contributed by atoms with E-state index in [0.717, 1.165) is 24.1 Å². The SMILES string of the molecule is CC(C)c1ccc2c(c1)OC1(OC(=S)Nc3ccccc3)C3=CCCC=C3C(=O)C21N. The van der Waals surface area contributed by atoms with Gasteiger partial charge in [-0.2, -0.15) is 0 Å². The van der Waals surface area contributed by atoms with Crippen LogP contribution in [0.5, 0.6) is 5.75 Å². The van der Waals surface area contributed by atoms with Crippen molar-refractivity contribution in [2.45, 2.75) is 43.9 Å². The Labute approximate surface area is 186 Å². The Morgan fingerprint density at radius 3 is 2.65 bits per heavy atom. The van der Waals surface area contributed by atoms with Crippen LogP contribution in [0, 0.1) is 0 Å². The Morgan fingerprint density at radius 2 is 1.90 bits per heavy atom. The van der Waals surface area contributed by atoms with Crippen LogP contribution in [0.4, 0.5) is 5.69 Å². The third-order valence-corrected chi connectivity index (χ3v) is 6.42. The number of benzene rings is 2. The van der Waals surface area contributed by atoms with Crippen molar-refractivity contribution in [2.75, 3.05) is 5.32 Å². The summed E-state index contributed by atoms with van der Waals surface area (Å²) in [5.74, 6) is -0.861. The van der Waals surface area contributed by atoms with Gasteiger partial charge in [0.15, 0.2) is 11.3 Å². The molecule has 2 aromatic rings. The molecule has 1 aliphatic heterocycles. The van der Waals surface area contributed by atoms with Gasteiger partial charge >= 0.3 is 5.79 Å². The molecule has 0 aromatic heterocycles. The number of rotatable bonds is 3. The summed E-state index contributed by atoms with van der Waals surface area (Å²) < 4.78 is 12.8. The maximum absolute atomic E-state index is 13.6. The standard InChI is InChI=1S/C25H24N2O3S/c1-15(2)16-12-13-20-21(14-16)29-25(30-23(31)27-17-8-4-3-5-9-17)19-11-7-6-10-18(19)22(28)24(20,25)26/h3-5,8-15H,6-7,26H2,1-2H3,(H,27,31). The molecule has 1 saturated carbocycles. The third kappa shape index (κ3) is 2.78. The van der Waals surface area contributed by atoms with E-state index in [1.807, 2.05) is 60.7 Å². The zero-order chi connectivity index (χ0) is 21.8. The fraction of sp³-hybridized carbons (Fsp3) is 0.280. The van der Waals surface area contributed by atoms with Crippen molar-refractivity contribution >= 4 is 28.9 Å². The Hall–Kier alpha value is -2.96. The van der Waals surface area contributed by atoms with E-state index in [0.29, 0.717) is 28.4 Å². The molecule has 0 amide bonds.